The third-order valence-corrected chi connectivity index (χ3v) is 3.38. The van der Waals surface area contributed by atoms with Crippen molar-refractivity contribution in [1.82, 2.24) is 10.6 Å². The maximum Gasteiger partial charge on any atom is 0.237 e. The molecule has 2 atom stereocenters. The van der Waals surface area contributed by atoms with Crippen LogP contribution in [0.3, 0.4) is 0 Å². The average molecular weight is 250 g/mol. The second-order valence-corrected chi connectivity index (χ2v) is 4.63. The maximum absolute atomic E-state index is 13.7. The molecule has 1 amide bonds. The quantitative estimate of drug-likeness (QED) is 0.859. The molecule has 0 bridgehead atoms. The van der Waals surface area contributed by atoms with E-state index in [9.17, 15) is 9.18 Å². The molecule has 0 saturated carbocycles. The molecule has 2 rings (SSSR count). The highest BCUT2D eigenvalue weighted by Gasteiger charge is 2.25. The standard InChI is InChI=1S/C14H19FN2O/c1-2-12(10-6-3-4-7-11(10)15)17-13-8-5-9-16-14(13)18/h3-4,6-7,12-13,17H,2,5,8-9H2,1H3,(H,16,18). The van der Waals surface area contributed by atoms with Gasteiger partial charge in [-0.05, 0) is 25.3 Å². The van der Waals surface area contributed by atoms with Crippen LogP contribution in [-0.4, -0.2) is 18.5 Å². The molecule has 0 aromatic heterocycles. The summed E-state index contributed by atoms with van der Waals surface area (Å²) in [5.74, 6) is -0.191. The first-order valence-electron chi connectivity index (χ1n) is 6.50. The van der Waals surface area contributed by atoms with Gasteiger partial charge in [0.05, 0.1) is 6.04 Å². The number of halogens is 1. The first-order valence-corrected chi connectivity index (χ1v) is 6.50. The lowest BCUT2D eigenvalue weighted by molar-refractivity contribution is -0.124. The summed E-state index contributed by atoms with van der Waals surface area (Å²) in [5.41, 5.74) is 0.637. The fourth-order valence-electron chi connectivity index (χ4n) is 2.36. The van der Waals surface area contributed by atoms with Crippen LogP contribution in [0.5, 0.6) is 0 Å². The van der Waals surface area contributed by atoms with Crippen molar-refractivity contribution >= 4 is 5.91 Å². The first kappa shape index (κ1) is 13.0. The first-order chi connectivity index (χ1) is 8.72. The number of rotatable bonds is 4. The zero-order valence-electron chi connectivity index (χ0n) is 10.6. The highest BCUT2D eigenvalue weighted by molar-refractivity contribution is 5.82. The van der Waals surface area contributed by atoms with Crippen molar-refractivity contribution in [2.75, 3.05) is 6.54 Å². The van der Waals surface area contributed by atoms with Crippen molar-refractivity contribution in [3.05, 3.63) is 35.6 Å². The summed E-state index contributed by atoms with van der Waals surface area (Å²) in [6, 6.07) is 6.42. The van der Waals surface area contributed by atoms with Crippen LogP contribution in [0.2, 0.25) is 0 Å². The number of carbonyl (C=O) groups is 1. The van der Waals surface area contributed by atoms with E-state index < -0.39 is 0 Å². The molecule has 98 valence electrons. The van der Waals surface area contributed by atoms with Crippen LogP contribution < -0.4 is 10.6 Å². The lowest BCUT2D eigenvalue weighted by Crippen LogP contribution is -2.49. The Balaban J connectivity index is 2.09. The van der Waals surface area contributed by atoms with Gasteiger partial charge in [0.25, 0.3) is 0 Å². The Morgan fingerprint density at radius 2 is 2.28 bits per heavy atom. The van der Waals surface area contributed by atoms with Gasteiger partial charge in [0.15, 0.2) is 0 Å². The zero-order valence-corrected chi connectivity index (χ0v) is 10.6. The Morgan fingerprint density at radius 3 is 2.94 bits per heavy atom. The monoisotopic (exact) mass is 250 g/mol. The molecular formula is C14H19FN2O. The summed E-state index contributed by atoms with van der Waals surface area (Å²) >= 11 is 0. The number of amides is 1. The number of hydrogen-bond donors (Lipinski definition) is 2. The van der Waals surface area contributed by atoms with Gasteiger partial charge in [-0.15, -0.1) is 0 Å². The predicted molar refractivity (Wildman–Crippen MR) is 68.6 cm³/mol. The highest BCUT2D eigenvalue weighted by Crippen LogP contribution is 2.21. The van der Waals surface area contributed by atoms with Crippen molar-refractivity contribution in [2.24, 2.45) is 0 Å². The Hall–Kier alpha value is -1.42. The maximum atomic E-state index is 13.7. The van der Waals surface area contributed by atoms with Crippen LogP contribution in [0.4, 0.5) is 4.39 Å². The van der Waals surface area contributed by atoms with Crippen LogP contribution in [0.15, 0.2) is 24.3 Å². The molecule has 0 spiro atoms. The summed E-state index contributed by atoms with van der Waals surface area (Å²) < 4.78 is 13.7. The lowest BCUT2D eigenvalue weighted by atomic mass is 10.00. The number of hydrogen-bond acceptors (Lipinski definition) is 2. The summed E-state index contributed by atoms with van der Waals surface area (Å²) in [5, 5.41) is 6.09. The number of carbonyl (C=O) groups excluding carboxylic acids is 1. The van der Waals surface area contributed by atoms with Gasteiger partial charge in [-0.2, -0.15) is 0 Å². The van der Waals surface area contributed by atoms with Gasteiger partial charge >= 0.3 is 0 Å². The van der Waals surface area contributed by atoms with Crippen molar-refractivity contribution in [2.45, 2.75) is 38.3 Å². The Kier molecular flexibility index (Phi) is 4.31. The minimum Gasteiger partial charge on any atom is -0.355 e. The molecule has 1 aromatic carbocycles. The Labute approximate surface area is 107 Å². The molecule has 1 aliphatic heterocycles. The summed E-state index contributed by atoms with van der Waals surface area (Å²) in [6.07, 6.45) is 2.54. The lowest BCUT2D eigenvalue weighted by Gasteiger charge is -2.28. The van der Waals surface area contributed by atoms with E-state index in [0.29, 0.717) is 5.56 Å². The molecule has 0 aliphatic carbocycles. The predicted octanol–water partition coefficient (Wildman–Crippen LogP) is 2.14. The van der Waals surface area contributed by atoms with Crippen LogP contribution in [0.25, 0.3) is 0 Å². The van der Waals surface area contributed by atoms with Crippen molar-refractivity contribution in [3.8, 4) is 0 Å². The van der Waals surface area contributed by atoms with E-state index in [2.05, 4.69) is 10.6 Å². The van der Waals surface area contributed by atoms with Gasteiger partial charge in [-0.3, -0.25) is 10.1 Å². The van der Waals surface area contributed by atoms with Gasteiger partial charge in [-0.25, -0.2) is 4.39 Å². The molecule has 1 saturated heterocycles. The Morgan fingerprint density at radius 1 is 1.50 bits per heavy atom. The second-order valence-electron chi connectivity index (χ2n) is 4.63. The normalized spacial score (nSPS) is 21.4. The van der Waals surface area contributed by atoms with E-state index in [1.807, 2.05) is 13.0 Å². The molecule has 2 unspecified atom stereocenters. The van der Waals surface area contributed by atoms with Crippen molar-refractivity contribution in [3.63, 3.8) is 0 Å². The van der Waals surface area contributed by atoms with Crippen LogP contribution in [-0.2, 0) is 4.79 Å². The van der Waals surface area contributed by atoms with E-state index in [0.717, 1.165) is 25.8 Å². The van der Waals surface area contributed by atoms with Crippen LogP contribution in [0.1, 0.15) is 37.8 Å². The second kappa shape index (κ2) is 5.96. The smallest absolute Gasteiger partial charge is 0.237 e. The third kappa shape index (κ3) is 2.88. The molecule has 4 heteroatoms. The van der Waals surface area contributed by atoms with Gasteiger partial charge in [0, 0.05) is 18.2 Å². The molecule has 2 N–H and O–H groups in total. The van der Waals surface area contributed by atoms with E-state index in [1.54, 1.807) is 12.1 Å². The van der Waals surface area contributed by atoms with E-state index in [1.165, 1.54) is 6.07 Å². The highest BCUT2D eigenvalue weighted by atomic mass is 19.1. The molecule has 3 nitrogen and oxygen atoms in total. The SMILES string of the molecule is CCC(NC1CCCNC1=O)c1ccccc1F. The Bertz CT molecular complexity index is 422. The minimum atomic E-state index is -0.215. The van der Waals surface area contributed by atoms with Crippen molar-refractivity contribution < 1.29 is 9.18 Å². The molecule has 18 heavy (non-hydrogen) atoms. The van der Waals surface area contributed by atoms with E-state index in [-0.39, 0.29) is 23.8 Å². The summed E-state index contributed by atoms with van der Waals surface area (Å²) in [7, 11) is 0. The molecular weight excluding hydrogens is 231 g/mol. The molecule has 1 fully saturated rings. The number of benzene rings is 1. The number of nitrogens with one attached hydrogen (secondary N) is 2. The van der Waals surface area contributed by atoms with Crippen molar-refractivity contribution in [1.29, 1.82) is 0 Å². The summed E-state index contributed by atoms with van der Waals surface area (Å²) in [6.45, 7) is 2.73. The van der Waals surface area contributed by atoms with Gasteiger partial charge < -0.3 is 5.32 Å². The fraction of sp³-hybridized carbons (Fsp3) is 0.500. The molecule has 1 aliphatic rings. The zero-order chi connectivity index (χ0) is 13.0. The summed E-state index contributed by atoms with van der Waals surface area (Å²) in [4.78, 5) is 11.7. The van der Waals surface area contributed by atoms with E-state index in [4.69, 9.17) is 0 Å². The van der Waals surface area contributed by atoms with Gasteiger partial charge in [0.1, 0.15) is 5.82 Å². The van der Waals surface area contributed by atoms with Gasteiger partial charge in [-0.1, -0.05) is 25.1 Å². The van der Waals surface area contributed by atoms with Gasteiger partial charge in [0.2, 0.25) is 5.91 Å². The third-order valence-electron chi connectivity index (χ3n) is 3.38. The topological polar surface area (TPSA) is 41.1 Å². The number of piperidine rings is 1. The van der Waals surface area contributed by atoms with Crippen LogP contribution in [0, 0.1) is 5.82 Å². The molecule has 1 heterocycles. The average Bonchev–Trinajstić information content (AvgIpc) is 2.39. The van der Waals surface area contributed by atoms with Crippen LogP contribution >= 0.6 is 0 Å². The fourth-order valence-corrected chi connectivity index (χ4v) is 2.36. The molecule has 0 radical (unpaired) electrons. The largest absolute Gasteiger partial charge is 0.355 e. The molecule has 1 aromatic rings. The van der Waals surface area contributed by atoms with E-state index >= 15 is 0 Å². The minimum absolute atomic E-state index is 0.0241.